The molecule has 4 aromatic rings. The molecule has 0 saturated heterocycles. The smallest absolute Gasteiger partial charge is 0.168 e. The molecule has 3 heterocycles. The number of anilines is 1. The van der Waals surface area contributed by atoms with E-state index in [9.17, 15) is 0 Å². The van der Waals surface area contributed by atoms with Gasteiger partial charge in [0.2, 0.25) is 0 Å². The molecule has 0 saturated carbocycles. The van der Waals surface area contributed by atoms with E-state index in [4.69, 9.17) is 4.74 Å². The lowest BCUT2D eigenvalue weighted by Gasteiger charge is -2.26. The maximum absolute atomic E-state index is 5.76. The Labute approximate surface area is 156 Å². The van der Waals surface area contributed by atoms with Crippen molar-refractivity contribution < 1.29 is 4.74 Å². The van der Waals surface area contributed by atoms with Crippen molar-refractivity contribution in [3.8, 4) is 11.4 Å². The average Bonchev–Trinajstić information content (AvgIpc) is 3.17. The molecule has 1 unspecified atom stereocenters. The SMILES string of the molecule is c1ccc(-n2ncc3c(NCC4CCOc5ccccc54)ncnc32)cc1. The first-order valence-electron chi connectivity index (χ1n) is 9.10. The number of aromatic nitrogens is 4. The molecular weight excluding hydrogens is 338 g/mol. The Hall–Kier alpha value is -3.41. The van der Waals surface area contributed by atoms with Gasteiger partial charge in [-0.3, -0.25) is 0 Å². The quantitative estimate of drug-likeness (QED) is 0.602. The molecule has 0 bridgehead atoms. The molecular formula is C21H19N5O. The van der Waals surface area contributed by atoms with Gasteiger partial charge >= 0.3 is 0 Å². The fourth-order valence-corrected chi connectivity index (χ4v) is 3.59. The van der Waals surface area contributed by atoms with Crippen LogP contribution in [-0.4, -0.2) is 32.9 Å². The van der Waals surface area contributed by atoms with Gasteiger partial charge in [0.25, 0.3) is 0 Å². The van der Waals surface area contributed by atoms with Gasteiger partial charge in [-0.25, -0.2) is 14.6 Å². The number of fused-ring (bicyclic) bond motifs is 2. The van der Waals surface area contributed by atoms with E-state index in [1.807, 2.05) is 53.3 Å². The molecule has 5 rings (SSSR count). The summed E-state index contributed by atoms with van der Waals surface area (Å²) in [6.45, 7) is 1.54. The molecule has 0 spiro atoms. The van der Waals surface area contributed by atoms with Crippen LogP contribution in [0.25, 0.3) is 16.7 Å². The predicted octanol–water partition coefficient (Wildman–Crippen LogP) is 3.79. The summed E-state index contributed by atoms with van der Waals surface area (Å²) in [6.07, 6.45) is 4.40. The molecule has 0 aliphatic carbocycles. The van der Waals surface area contributed by atoms with Gasteiger partial charge in [-0.05, 0) is 30.2 Å². The van der Waals surface area contributed by atoms with Crippen LogP contribution in [-0.2, 0) is 0 Å². The van der Waals surface area contributed by atoms with Gasteiger partial charge in [-0.2, -0.15) is 5.10 Å². The van der Waals surface area contributed by atoms with Crippen molar-refractivity contribution in [2.75, 3.05) is 18.5 Å². The fraction of sp³-hybridized carbons (Fsp3) is 0.190. The summed E-state index contributed by atoms with van der Waals surface area (Å²) in [5, 5.41) is 8.93. The monoisotopic (exact) mass is 357 g/mol. The van der Waals surface area contributed by atoms with E-state index in [0.717, 1.165) is 47.9 Å². The Morgan fingerprint density at radius 2 is 1.89 bits per heavy atom. The zero-order valence-corrected chi connectivity index (χ0v) is 14.7. The third-order valence-corrected chi connectivity index (χ3v) is 4.97. The third kappa shape index (κ3) is 2.89. The Morgan fingerprint density at radius 3 is 2.81 bits per heavy atom. The summed E-state index contributed by atoms with van der Waals surface area (Å²) in [6, 6.07) is 18.3. The molecule has 0 fully saturated rings. The molecule has 0 amide bonds. The van der Waals surface area contributed by atoms with Gasteiger partial charge < -0.3 is 10.1 Å². The molecule has 1 atom stereocenters. The maximum Gasteiger partial charge on any atom is 0.168 e. The van der Waals surface area contributed by atoms with Crippen LogP contribution in [0.1, 0.15) is 17.9 Å². The molecule has 1 aliphatic heterocycles. The number of nitrogens with one attached hydrogen (secondary N) is 1. The van der Waals surface area contributed by atoms with Crippen LogP contribution in [0.3, 0.4) is 0 Å². The minimum atomic E-state index is 0.393. The summed E-state index contributed by atoms with van der Waals surface area (Å²) >= 11 is 0. The number of ether oxygens (including phenoxy) is 1. The van der Waals surface area contributed by atoms with Gasteiger partial charge in [0.15, 0.2) is 5.65 Å². The average molecular weight is 357 g/mol. The van der Waals surface area contributed by atoms with Crippen LogP contribution in [0.4, 0.5) is 5.82 Å². The third-order valence-electron chi connectivity index (χ3n) is 4.97. The summed E-state index contributed by atoms with van der Waals surface area (Å²) in [5.74, 6) is 2.19. The van der Waals surface area contributed by atoms with Gasteiger partial charge in [0.05, 0.1) is 23.9 Å². The molecule has 134 valence electrons. The van der Waals surface area contributed by atoms with Gasteiger partial charge in [0, 0.05) is 12.5 Å². The zero-order valence-electron chi connectivity index (χ0n) is 14.7. The summed E-state index contributed by atoms with van der Waals surface area (Å²) in [7, 11) is 0. The Bertz CT molecular complexity index is 1080. The van der Waals surface area contributed by atoms with E-state index < -0.39 is 0 Å². The van der Waals surface area contributed by atoms with E-state index >= 15 is 0 Å². The number of nitrogens with zero attached hydrogens (tertiary/aromatic N) is 4. The maximum atomic E-state index is 5.76. The van der Waals surface area contributed by atoms with Gasteiger partial charge in [0.1, 0.15) is 17.9 Å². The fourth-order valence-electron chi connectivity index (χ4n) is 3.59. The van der Waals surface area contributed by atoms with Crippen LogP contribution in [0, 0.1) is 0 Å². The number of rotatable bonds is 4. The molecule has 27 heavy (non-hydrogen) atoms. The highest BCUT2D eigenvalue weighted by atomic mass is 16.5. The number of para-hydroxylation sites is 2. The number of hydrogen-bond acceptors (Lipinski definition) is 5. The Balaban J connectivity index is 1.43. The van der Waals surface area contributed by atoms with Gasteiger partial charge in [-0.15, -0.1) is 0 Å². The predicted molar refractivity (Wildman–Crippen MR) is 104 cm³/mol. The van der Waals surface area contributed by atoms with Crippen LogP contribution >= 0.6 is 0 Å². The summed E-state index contributed by atoms with van der Waals surface area (Å²) < 4.78 is 7.60. The molecule has 1 aliphatic rings. The molecule has 1 N–H and O–H groups in total. The van der Waals surface area contributed by atoms with Crippen molar-refractivity contribution in [2.24, 2.45) is 0 Å². The first-order chi connectivity index (χ1) is 13.4. The Kier molecular flexibility index (Phi) is 3.93. The summed E-state index contributed by atoms with van der Waals surface area (Å²) in [4.78, 5) is 8.89. The van der Waals surface area contributed by atoms with E-state index in [1.165, 1.54) is 5.56 Å². The second-order valence-electron chi connectivity index (χ2n) is 6.60. The van der Waals surface area contributed by atoms with E-state index in [0.29, 0.717) is 5.92 Å². The first-order valence-corrected chi connectivity index (χ1v) is 9.10. The lowest BCUT2D eigenvalue weighted by atomic mass is 9.93. The normalized spacial score (nSPS) is 15.9. The Morgan fingerprint density at radius 1 is 1.04 bits per heavy atom. The van der Waals surface area contributed by atoms with Crippen molar-refractivity contribution in [1.82, 2.24) is 19.7 Å². The van der Waals surface area contributed by atoms with E-state index in [2.05, 4.69) is 32.5 Å². The lowest BCUT2D eigenvalue weighted by Crippen LogP contribution is -2.21. The molecule has 2 aromatic carbocycles. The van der Waals surface area contributed by atoms with Crippen LogP contribution in [0.5, 0.6) is 5.75 Å². The van der Waals surface area contributed by atoms with Crippen molar-refractivity contribution >= 4 is 16.9 Å². The van der Waals surface area contributed by atoms with Crippen molar-refractivity contribution in [3.05, 3.63) is 72.7 Å². The largest absolute Gasteiger partial charge is 0.493 e. The summed E-state index contributed by atoms with van der Waals surface area (Å²) in [5.41, 5.74) is 3.03. The molecule has 2 aromatic heterocycles. The van der Waals surface area contributed by atoms with Gasteiger partial charge in [-0.1, -0.05) is 36.4 Å². The van der Waals surface area contributed by atoms with Crippen LogP contribution < -0.4 is 10.1 Å². The highest BCUT2D eigenvalue weighted by molar-refractivity contribution is 5.87. The molecule has 6 nitrogen and oxygen atoms in total. The van der Waals surface area contributed by atoms with E-state index in [-0.39, 0.29) is 0 Å². The van der Waals surface area contributed by atoms with Crippen molar-refractivity contribution in [3.63, 3.8) is 0 Å². The highest BCUT2D eigenvalue weighted by Gasteiger charge is 2.21. The van der Waals surface area contributed by atoms with Crippen LogP contribution in [0.15, 0.2) is 67.1 Å². The lowest BCUT2D eigenvalue weighted by molar-refractivity contribution is 0.270. The highest BCUT2D eigenvalue weighted by Crippen LogP contribution is 2.33. The number of benzene rings is 2. The van der Waals surface area contributed by atoms with E-state index in [1.54, 1.807) is 6.33 Å². The molecule has 6 heteroatoms. The molecule has 0 radical (unpaired) electrons. The second kappa shape index (κ2) is 6.72. The van der Waals surface area contributed by atoms with Crippen molar-refractivity contribution in [1.29, 1.82) is 0 Å². The number of hydrogen-bond donors (Lipinski definition) is 1. The zero-order chi connectivity index (χ0) is 18.1. The first kappa shape index (κ1) is 15.8. The minimum absolute atomic E-state index is 0.393. The topological polar surface area (TPSA) is 64.9 Å². The standard InChI is InChI=1S/C21H19N5O/c1-2-6-16(7-3-1)26-21-18(13-25-26)20(23-14-24-21)22-12-15-10-11-27-19-9-5-4-8-17(15)19/h1-9,13-15H,10-12H2,(H,22,23,24). The van der Waals surface area contributed by atoms with Crippen LogP contribution in [0.2, 0.25) is 0 Å². The van der Waals surface area contributed by atoms with Crippen molar-refractivity contribution in [2.45, 2.75) is 12.3 Å². The minimum Gasteiger partial charge on any atom is -0.493 e. The second-order valence-corrected chi connectivity index (χ2v) is 6.60.